The molecule has 2 aromatic rings. The summed E-state index contributed by atoms with van der Waals surface area (Å²) in [7, 11) is 1.24. The number of allylic oxidation sites excluding steroid dienone is 1. The third-order valence-corrected chi connectivity index (χ3v) is 3.22. The lowest BCUT2D eigenvalue weighted by Gasteiger charge is -2.07. The number of hydrogen-bond donors (Lipinski definition) is 1. The summed E-state index contributed by atoms with van der Waals surface area (Å²) in [5.74, 6) is -1.07. The predicted octanol–water partition coefficient (Wildman–Crippen LogP) is 3.10. The number of phenolic OH excluding ortho intramolecular Hbond substituents is 1. The molecule has 0 bridgehead atoms. The molecule has 0 aromatic heterocycles. The number of non-ortho nitro benzene ring substituents is 1. The number of phenols is 1. The minimum absolute atomic E-state index is 0.0538. The maximum Gasteiger partial charge on any atom is 0.274 e. The van der Waals surface area contributed by atoms with E-state index in [1.165, 1.54) is 7.11 Å². The highest BCUT2D eigenvalue weighted by Gasteiger charge is 2.18. The molecule has 0 unspecified atom stereocenters. The number of ether oxygens (including phenoxy) is 1. The molecule has 0 amide bonds. The molecule has 0 saturated carbocycles. The van der Waals surface area contributed by atoms with E-state index >= 15 is 0 Å². The van der Waals surface area contributed by atoms with E-state index in [9.17, 15) is 25.3 Å². The van der Waals surface area contributed by atoms with Crippen molar-refractivity contribution in [3.05, 3.63) is 69.3 Å². The van der Waals surface area contributed by atoms with Crippen molar-refractivity contribution < 1.29 is 19.6 Å². The lowest BCUT2D eigenvalue weighted by Crippen LogP contribution is -2.01. The van der Waals surface area contributed by atoms with Gasteiger partial charge in [-0.05, 0) is 6.08 Å². The molecule has 1 N–H and O–H groups in total. The second-order valence-electron chi connectivity index (χ2n) is 4.71. The number of carbonyl (C=O) groups is 1. The van der Waals surface area contributed by atoms with Crippen LogP contribution in [0, 0.1) is 21.4 Å². The minimum Gasteiger partial charge on any atom is -0.504 e. The lowest BCUT2D eigenvalue weighted by molar-refractivity contribution is -0.385. The zero-order chi connectivity index (χ0) is 17.7. The van der Waals surface area contributed by atoms with Crippen LogP contribution in [0.3, 0.4) is 0 Å². The van der Waals surface area contributed by atoms with Crippen LogP contribution in [0.5, 0.6) is 11.5 Å². The van der Waals surface area contributed by atoms with Gasteiger partial charge in [-0.2, -0.15) is 5.26 Å². The van der Waals surface area contributed by atoms with Crippen LogP contribution in [0.4, 0.5) is 5.69 Å². The molecule has 7 heteroatoms. The third-order valence-electron chi connectivity index (χ3n) is 3.22. The molecule has 2 rings (SSSR count). The average Bonchev–Trinajstić information content (AvgIpc) is 2.60. The van der Waals surface area contributed by atoms with Crippen LogP contribution < -0.4 is 4.74 Å². The molecular weight excluding hydrogens is 312 g/mol. The van der Waals surface area contributed by atoms with Gasteiger partial charge < -0.3 is 9.84 Å². The normalized spacial score (nSPS) is 10.8. The first kappa shape index (κ1) is 16.7. The fraction of sp³-hybridized carbons (Fsp3) is 0.0588. The lowest BCUT2D eigenvalue weighted by atomic mass is 10.0. The van der Waals surface area contributed by atoms with Crippen molar-refractivity contribution in [2.24, 2.45) is 0 Å². The van der Waals surface area contributed by atoms with Crippen molar-refractivity contribution >= 4 is 17.5 Å². The first-order valence-electron chi connectivity index (χ1n) is 6.75. The number of nitro benzene ring substituents is 1. The molecule has 2 aromatic carbocycles. The van der Waals surface area contributed by atoms with E-state index in [1.54, 1.807) is 36.4 Å². The van der Waals surface area contributed by atoms with Gasteiger partial charge in [0.2, 0.25) is 5.78 Å². The summed E-state index contributed by atoms with van der Waals surface area (Å²) in [5.41, 5.74) is -0.358. The number of nitriles is 1. The summed E-state index contributed by atoms with van der Waals surface area (Å²) in [6.45, 7) is 0. The number of carbonyl (C=O) groups excluding carboxylic acids is 1. The average molecular weight is 324 g/mol. The molecule has 24 heavy (non-hydrogen) atoms. The number of hydrogen-bond acceptors (Lipinski definition) is 6. The van der Waals surface area contributed by atoms with Gasteiger partial charge in [0.15, 0.2) is 11.5 Å². The molecule has 0 aliphatic heterocycles. The Balaban J connectivity index is 2.55. The van der Waals surface area contributed by atoms with E-state index in [0.29, 0.717) is 5.56 Å². The highest BCUT2D eigenvalue weighted by Crippen LogP contribution is 2.35. The standard InChI is InChI=1S/C17H12N2O5/c1-24-15-9-14(19(22)23)8-12(17(15)21)7-13(10-18)16(20)11-5-3-2-4-6-11/h2-9,21H,1H3/b13-7-. The van der Waals surface area contributed by atoms with Gasteiger partial charge in [-0.3, -0.25) is 14.9 Å². The monoisotopic (exact) mass is 324 g/mol. The maximum absolute atomic E-state index is 12.3. The molecule has 0 saturated heterocycles. The molecule has 0 radical (unpaired) electrons. The van der Waals surface area contributed by atoms with Gasteiger partial charge in [0.1, 0.15) is 11.6 Å². The Kier molecular flexibility index (Phi) is 4.92. The Morgan fingerprint density at radius 3 is 2.54 bits per heavy atom. The van der Waals surface area contributed by atoms with Crippen LogP contribution in [0.25, 0.3) is 6.08 Å². The zero-order valence-electron chi connectivity index (χ0n) is 12.6. The summed E-state index contributed by atoms with van der Waals surface area (Å²) < 4.78 is 4.89. The quantitative estimate of drug-likeness (QED) is 0.297. The van der Waals surface area contributed by atoms with Gasteiger partial charge in [0, 0.05) is 17.2 Å². The summed E-state index contributed by atoms with van der Waals surface area (Å²) >= 11 is 0. The molecule has 0 fully saturated rings. The number of methoxy groups -OCH3 is 1. The molecule has 7 nitrogen and oxygen atoms in total. The van der Waals surface area contributed by atoms with Gasteiger partial charge in [0.05, 0.1) is 18.1 Å². The van der Waals surface area contributed by atoms with Crippen LogP contribution in [0.2, 0.25) is 0 Å². The van der Waals surface area contributed by atoms with Crippen LogP contribution in [0.1, 0.15) is 15.9 Å². The van der Waals surface area contributed by atoms with Crippen molar-refractivity contribution in [1.29, 1.82) is 5.26 Å². The van der Waals surface area contributed by atoms with Gasteiger partial charge in [0.25, 0.3) is 5.69 Å². The summed E-state index contributed by atoms with van der Waals surface area (Å²) in [5, 5.41) is 30.3. The summed E-state index contributed by atoms with van der Waals surface area (Å²) in [6.07, 6.45) is 1.10. The van der Waals surface area contributed by atoms with Crippen molar-refractivity contribution in [3.63, 3.8) is 0 Å². The van der Waals surface area contributed by atoms with E-state index in [4.69, 9.17) is 4.74 Å². The maximum atomic E-state index is 12.3. The number of benzene rings is 2. The van der Waals surface area contributed by atoms with E-state index in [0.717, 1.165) is 18.2 Å². The molecule has 0 spiro atoms. The van der Waals surface area contributed by atoms with E-state index < -0.39 is 16.5 Å². The first-order valence-corrected chi connectivity index (χ1v) is 6.75. The molecule has 0 aliphatic carbocycles. The molecule has 0 atom stereocenters. The minimum atomic E-state index is -0.662. The number of aromatic hydroxyl groups is 1. The summed E-state index contributed by atoms with van der Waals surface area (Å²) in [6, 6.07) is 12.0. The van der Waals surface area contributed by atoms with Crippen LogP contribution in [-0.4, -0.2) is 22.9 Å². The molecule has 0 heterocycles. The van der Waals surface area contributed by atoms with E-state index in [2.05, 4.69) is 0 Å². The molecular formula is C17H12N2O5. The van der Waals surface area contributed by atoms with Gasteiger partial charge >= 0.3 is 0 Å². The Bertz CT molecular complexity index is 867. The smallest absolute Gasteiger partial charge is 0.274 e. The van der Waals surface area contributed by atoms with Crippen LogP contribution >= 0.6 is 0 Å². The Morgan fingerprint density at radius 1 is 1.33 bits per heavy atom. The Morgan fingerprint density at radius 2 is 2.00 bits per heavy atom. The second kappa shape index (κ2) is 7.07. The van der Waals surface area contributed by atoms with Gasteiger partial charge in [-0.15, -0.1) is 0 Å². The number of rotatable bonds is 5. The topological polar surface area (TPSA) is 113 Å². The zero-order valence-corrected chi connectivity index (χ0v) is 12.6. The SMILES string of the molecule is COc1cc([N+](=O)[O-])cc(/C=C(/C#N)C(=O)c2ccccc2)c1O. The van der Waals surface area contributed by atoms with E-state index in [-0.39, 0.29) is 22.6 Å². The molecule has 0 aliphatic rings. The van der Waals surface area contributed by atoms with Crippen molar-refractivity contribution in [2.75, 3.05) is 7.11 Å². The number of nitro groups is 1. The van der Waals surface area contributed by atoms with Crippen molar-refractivity contribution in [1.82, 2.24) is 0 Å². The second-order valence-corrected chi connectivity index (χ2v) is 4.71. The van der Waals surface area contributed by atoms with Crippen LogP contribution in [0.15, 0.2) is 48.0 Å². The highest BCUT2D eigenvalue weighted by molar-refractivity contribution is 6.14. The predicted molar refractivity (Wildman–Crippen MR) is 85.7 cm³/mol. The Labute approximate surface area is 137 Å². The number of ketones is 1. The van der Waals surface area contributed by atoms with Crippen LogP contribution in [-0.2, 0) is 0 Å². The summed E-state index contributed by atoms with van der Waals surface area (Å²) in [4.78, 5) is 22.6. The van der Waals surface area contributed by atoms with Crippen molar-refractivity contribution in [2.45, 2.75) is 0 Å². The fourth-order valence-corrected chi connectivity index (χ4v) is 2.03. The third kappa shape index (κ3) is 3.39. The first-order chi connectivity index (χ1) is 11.5. The van der Waals surface area contributed by atoms with Gasteiger partial charge in [-0.25, -0.2) is 0 Å². The van der Waals surface area contributed by atoms with E-state index in [1.807, 2.05) is 0 Å². The van der Waals surface area contributed by atoms with Crippen molar-refractivity contribution in [3.8, 4) is 17.6 Å². The largest absolute Gasteiger partial charge is 0.504 e. The molecule has 120 valence electrons. The van der Waals surface area contributed by atoms with Gasteiger partial charge in [-0.1, -0.05) is 30.3 Å². The fourth-order valence-electron chi connectivity index (χ4n) is 2.03. The number of Topliss-reactive ketones (excluding diaryl/α,β-unsaturated/α-hetero) is 1. The number of nitrogens with zero attached hydrogens (tertiary/aromatic N) is 2. The highest BCUT2D eigenvalue weighted by atomic mass is 16.6. The Hall–Kier alpha value is -3.66.